The summed E-state index contributed by atoms with van der Waals surface area (Å²) in [6.07, 6.45) is 0.0417. The van der Waals surface area contributed by atoms with Gasteiger partial charge in [0.15, 0.2) is 5.82 Å². The molecule has 2 heterocycles. The Kier molecular flexibility index (Phi) is 4.55. The van der Waals surface area contributed by atoms with Gasteiger partial charge in [-0.15, -0.1) is 11.8 Å². The van der Waals surface area contributed by atoms with Crippen LogP contribution in [-0.4, -0.2) is 39.5 Å². The van der Waals surface area contributed by atoms with Crippen LogP contribution in [-0.2, 0) is 16.0 Å². The summed E-state index contributed by atoms with van der Waals surface area (Å²) in [4.78, 5) is 15.4. The number of esters is 1. The zero-order valence-electron chi connectivity index (χ0n) is 10.6. The Labute approximate surface area is 114 Å². The van der Waals surface area contributed by atoms with Crippen molar-refractivity contribution in [2.75, 3.05) is 12.9 Å². The molecule has 0 aromatic carbocycles. The van der Waals surface area contributed by atoms with Gasteiger partial charge in [-0.2, -0.15) is 16.7 Å². The van der Waals surface area contributed by atoms with E-state index >= 15 is 0 Å². The summed E-state index contributed by atoms with van der Waals surface area (Å²) in [6, 6.07) is 0. The number of hydrogen-bond acceptors (Lipinski definition) is 7. The van der Waals surface area contributed by atoms with E-state index in [9.17, 15) is 4.79 Å². The maximum Gasteiger partial charge on any atom is 0.315 e. The first-order valence-corrected chi connectivity index (χ1v) is 7.75. The highest BCUT2D eigenvalue weighted by Gasteiger charge is 2.30. The fourth-order valence-electron chi connectivity index (χ4n) is 1.59. The average Bonchev–Trinajstić information content (AvgIpc) is 2.81. The van der Waals surface area contributed by atoms with E-state index in [2.05, 4.69) is 28.7 Å². The molecule has 1 aliphatic rings. The first-order chi connectivity index (χ1) is 8.60. The molecule has 3 unspecified atom stereocenters. The van der Waals surface area contributed by atoms with Crippen molar-refractivity contribution in [1.82, 2.24) is 10.1 Å². The Morgan fingerprint density at radius 1 is 1.50 bits per heavy atom. The number of carbonyl (C=O) groups is 1. The van der Waals surface area contributed by atoms with Crippen LogP contribution in [0.25, 0.3) is 0 Å². The van der Waals surface area contributed by atoms with Crippen LogP contribution in [0.5, 0.6) is 0 Å². The Hall–Kier alpha value is -0.690. The van der Waals surface area contributed by atoms with Crippen LogP contribution in [0, 0.1) is 0 Å². The fourth-order valence-corrected chi connectivity index (χ4v) is 4.42. The Morgan fingerprint density at radius 3 is 2.94 bits per heavy atom. The molecule has 0 radical (unpaired) electrons. The average molecular weight is 288 g/mol. The van der Waals surface area contributed by atoms with E-state index in [0.29, 0.717) is 22.2 Å². The molecule has 5 nitrogen and oxygen atoms in total. The molecule has 3 atom stereocenters. The van der Waals surface area contributed by atoms with Crippen molar-refractivity contribution in [3.8, 4) is 0 Å². The molecule has 0 bridgehead atoms. The summed E-state index contributed by atoms with van der Waals surface area (Å²) >= 11 is 3.79. The van der Waals surface area contributed by atoms with Gasteiger partial charge in [-0.3, -0.25) is 4.79 Å². The molecule has 1 aromatic rings. The SMILES string of the molecule is COC(=O)Cc1nc(C2CSC(C)C(C)S2)no1. The third kappa shape index (κ3) is 3.20. The van der Waals surface area contributed by atoms with Crippen LogP contribution in [0.2, 0.25) is 0 Å². The van der Waals surface area contributed by atoms with E-state index in [0.717, 1.165) is 5.75 Å². The number of thioether (sulfide) groups is 2. The van der Waals surface area contributed by atoms with Gasteiger partial charge in [0.1, 0.15) is 6.42 Å². The lowest BCUT2D eigenvalue weighted by molar-refractivity contribution is -0.140. The van der Waals surface area contributed by atoms with Crippen molar-refractivity contribution < 1.29 is 14.1 Å². The monoisotopic (exact) mass is 288 g/mol. The van der Waals surface area contributed by atoms with Crippen molar-refractivity contribution >= 4 is 29.5 Å². The third-order valence-electron chi connectivity index (χ3n) is 2.85. The van der Waals surface area contributed by atoms with E-state index in [1.54, 1.807) is 0 Å². The maximum absolute atomic E-state index is 11.1. The highest BCUT2D eigenvalue weighted by atomic mass is 32.2. The molecule has 1 aromatic heterocycles. The van der Waals surface area contributed by atoms with Crippen molar-refractivity contribution in [3.63, 3.8) is 0 Å². The lowest BCUT2D eigenvalue weighted by Crippen LogP contribution is -2.22. The summed E-state index contributed by atoms with van der Waals surface area (Å²) in [5, 5.41) is 5.42. The third-order valence-corrected chi connectivity index (χ3v) is 6.23. The number of rotatable bonds is 3. The van der Waals surface area contributed by atoms with Crippen LogP contribution >= 0.6 is 23.5 Å². The largest absolute Gasteiger partial charge is 0.469 e. The van der Waals surface area contributed by atoms with E-state index in [1.807, 2.05) is 23.5 Å². The molecule has 0 spiro atoms. The summed E-state index contributed by atoms with van der Waals surface area (Å²) in [5.41, 5.74) is 0. The minimum atomic E-state index is -0.363. The van der Waals surface area contributed by atoms with Gasteiger partial charge in [-0.25, -0.2) is 0 Å². The predicted molar refractivity (Wildman–Crippen MR) is 71.7 cm³/mol. The van der Waals surface area contributed by atoms with E-state index in [-0.39, 0.29) is 17.6 Å². The normalized spacial score (nSPS) is 28.1. The molecule has 1 saturated heterocycles. The lowest BCUT2D eigenvalue weighted by Gasteiger charge is -2.29. The standard InChI is InChI=1S/C11H16N2O3S2/c1-6-7(2)18-8(5-17-6)11-12-9(16-13-11)4-10(14)15-3/h6-8H,4-5H2,1-3H3. The van der Waals surface area contributed by atoms with Crippen molar-refractivity contribution in [1.29, 1.82) is 0 Å². The molecular formula is C11H16N2O3S2. The van der Waals surface area contributed by atoms with Crippen LogP contribution in [0.3, 0.4) is 0 Å². The van der Waals surface area contributed by atoms with Crippen molar-refractivity contribution in [2.24, 2.45) is 0 Å². The molecule has 0 aliphatic carbocycles. The molecule has 0 saturated carbocycles. The summed E-state index contributed by atoms with van der Waals surface area (Å²) in [5.74, 6) is 1.63. The summed E-state index contributed by atoms with van der Waals surface area (Å²) in [7, 11) is 1.34. The molecular weight excluding hydrogens is 272 g/mol. The number of aromatic nitrogens is 2. The van der Waals surface area contributed by atoms with Crippen LogP contribution in [0.4, 0.5) is 0 Å². The zero-order valence-corrected chi connectivity index (χ0v) is 12.2. The molecule has 7 heteroatoms. The number of nitrogens with zero attached hydrogens (tertiary/aromatic N) is 2. The maximum atomic E-state index is 11.1. The van der Waals surface area contributed by atoms with E-state index in [1.165, 1.54) is 7.11 Å². The summed E-state index contributed by atoms with van der Waals surface area (Å²) in [6.45, 7) is 4.45. The molecule has 1 fully saturated rings. The van der Waals surface area contributed by atoms with Gasteiger partial charge < -0.3 is 9.26 Å². The van der Waals surface area contributed by atoms with Gasteiger partial charge in [0.2, 0.25) is 5.89 Å². The Bertz CT molecular complexity index is 424. The summed E-state index contributed by atoms with van der Waals surface area (Å²) < 4.78 is 9.63. The molecule has 0 N–H and O–H groups in total. The van der Waals surface area contributed by atoms with Crippen molar-refractivity contribution in [2.45, 2.75) is 36.0 Å². The van der Waals surface area contributed by atoms with Crippen LogP contribution in [0.1, 0.15) is 30.8 Å². The van der Waals surface area contributed by atoms with Gasteiger partial charge in [0.25, 0.3) is 0 Å². The lowest BCUT2D eigenvalue weighted by atomic mass is 10.3. The molecule has 1 aliphatic heterocycles. The Morgan fingerprint density at radius 2 is 2.28 bits per heavy atom. The second-order valence-corrected chi connectivity index (χ2v) is 7.16. The van der Waals surface area contributed by atoms with Gasteiger partial charge in [0, 0.05) is 16.3 Å². The fraction of sp³-hybridized carbons (Fsp3) is 0.727. The van der Waals surface area contributed by atoms with Gasteiger partial charge in [0.05, 0.1) is 12.4 Å². The first-order valence-electron chi connectivity index (χ1n) is 5.76. The first kappa shape index (κ1) is 13.7. The van der Waals surface area contributed by atoms with E-state index < -0.39 is 0 Å². The minimum absolute atomic E-state index is 0.0417. The number of hydrogen-bond donors (Lipinski definition) is 0. The number of methoxy groups -OCH3 is 1. The minimum Gasteiger partial charge on any atom is -0.469 e. The van der Waals surface area contributed by atoms with Gasteiger partial charge in [-0.05, 0) is 0 Å². The number of ether oxygens (including phenoxy) is 1. The smallest absolute Gasteiger partial charge is 0.315 e. The highest BCUT2D eigenvalue weighted by molar-refractivity contribution is 8.07. The van der Waals surface area contributed by atoms with Crippen LogP contribution in [0.15, 0.2) is 4.52 Å². The number of carbonyl (C=O) groups excluding carboxylic acids is 1. The molecule has 0 amide bonds. The van der Waals surface area contributed by atoms with Gasteiger partial charge >= 0.3 is 5.97 Å². The molecule has 18 heavy (non-hydrogen) atoms. The second kappa shape index (κ2) is 5.97. The topological polar surface area (TPSA) is 65.2 Å². The quantitative estimate of drug-likeness (QED) is 0.789. The predicted octanol–water partition coefficient (Wildman–Crippen LogP) is 2.08. The van der Waals surface area contributed by atoms with Gasteiger partial charge in [-0.1, -0.05) is 19.0 Å². The van der Waals surface area contributed by atoms with Crippen LogP contribution < -0.4 is 0 Å². The Balaban J connectivity index is 1.99. The highest BCUT2D eigenvalue weighted by Crippen LogP contribution is 2.43. The molecule has 2 rings (SSSR count). The second-order valence-electron chi connectivity index (χ2n) is 4.17. The molecule has 100 valence electrons. The van der Waals surface area contributed by atoms with E-state index in [4.69, 9.17) is 4.52 Å². The zero-order chi connectivity index (χ0) is 13.1. The van der Waals surface area contributed by atoms with Crippen molar-refractivity contribution in [3.05, 3.63) is 11.7 Å².